The number of rotatable bonds is 0. The zero-order valence-corrected chi connectivity index (χ0v) is 9.54. The van der Waals surface area contributed by atoms with Gasteiger partial charge in [0.15, 0.2) is 0 Å². The van der Waals surface area contributed by atoms with Crippen LogP contribution in [-0.4, -0.2) is 15.0 Å². The fraction of sp³-hybridized carbons (Fsp3) is 0. The summed E-state index contributed by atoms with van der Waals surface area (Å²) in [5.41, 5.74) is 0.889. The van der Waals surface area contributed by atoms with Gasteiger partial charge in [-0.2, -0.15) is 0 Å². The lowest BCUT2D eigenvalue weighted by Crippen LogP contribution is -1.86. The zero-order valence-electron chi connectivity index (χ0n) is 9.54. The number of pyridine rings is 1. The SMILES string of the molecule is C(#Cc1cncc2ccccc12)c1ncccn1. The van der Waals surface area contributed by atoms with Gasteiger partial charge in [-0.15, -0.1) is 0 Å². The molecule has 3 heteroatoms. The highest BCUT2D eigenvalue weighted by Gasteiger charge is 1.97. The lowest BCUT2D eigenvalue weighted by atomic mass is 10.1. The van der Waals surface area contributed by atoms with E-state index in [-0.39, 0.29) is 0 Å². The van der Waals surface area contributed by atoms with E-state index in [4.69, 9.17) is 0 Å². The molecule has 0 unspecified atom stereocenters. The van der Waals surface area contributed by atoms with Gasteiger partial charge in [0.05, 0.1) is 5.56 Å². The minimum Gasteiger partial charge on any atom is -0.263 e. The van der Waals surface area contributed by atoms with E-state index in [2.05, 4.69) is 26.8 Å². The predicted molar refractivity (Wildman–Crippen MR) is 69.8 cm³/mol. The second-order valence-corrected chi connectivity index (χ2v) is 3.73. The first-order chi connectivity index (χ1) is 8.93. The van der Waals surface area contributed by atoms with E-state index in [0.717, 1.165) is 16.3 Å². The first kappa shape index (κ1) is 10.4. The molecule has 3 rings (SSSR count). The van der Waals surface area contributed by atoms with E-state index in [1.807, 2.05) is 30.5 Å². The first-order valence-corrected chi connectivity index (χ1v) is 5.55. The zero-order chi connectivity index (χ0) is 12.2. The molecule has 0 bridgehead atoms. The Bertz CT molecular complexity index is 734. The molecule has 2 aromatic heterocycles. The quantitative estimate of drug-likeness (QED) is 0.558. The molecule has 0 aliphatic rings. The topological polar surface area (TPSA) is 38.7 Å². The molecule has 0 atom stereocenters. The number of aromatic nitrogens is 3. The highest BCUT2D eigenvalue weighted by molar-refractivity contribution is 5.87. The third-order valence-corrected chi connectivity index (χ3v) is 2.54. The average Bonchev–Trinajstić information content (AvgIpc) is 2.46. The molecule has 0 aliphatic carbocycles. The molecule has 84 valence electrons. The Morgan fingerprint density at radius 1 is 0.833 bits per heavy atom. The third-order valence-electron chi connectivity index (χ3n) is 2.54. The normalized spacial score (nSPS) is 9.78. The van der Waals surface area contributed by atoms with Gasteiger partial charge in [-0.25, -0.2) is 9.97 Å². The van der Waals surface area contributed by atoms with Gasteiger partial charge in [-0.3, -0.25) is 4.98 Å². The number of hydrogen-bond acceptors (Lipinski definition) is 3. The molecule has 0 spiro atoms. The third kappa shape index (κ3) is 2.04. The van der Waals surface area contributed by atoms with E-state index in [9.17, 15) is 0 Å². The maximum Gasteiger partial charge on any atom is 0.205 e. The molecular weight excluding hydrogens is 222 g/mol. The van der Waals surface area contributed by atoms with Crippen LogP contribution in [0, 0.1) is 11.8 Å². The van der Waals surface area contributed by atoms with Crippen LogP contribution in [-0.2, 0) is 0 Å². The summed E-state index contributed by atoms with van der Waals surface area (Å²) in [5, 5.41) is 2.18. The van der Waals surface area contributed by atoms with Crippen molar-refractivity contribution in [2.45, 2.75) is 0 Å². The summed E-state index contributed by atoms with van der Waals surface area (Å²) in [6.45, 7) is 0. The van der Waals surface area contributed by atoms with Crippen LogP contribution in [0.5, 0.6) is 0 Å². The second kappa shape index (κ2) is 4.64. The molecule has 1 aromatic carbocycles. The van der Waals surface area contributed by atoms with Gasteiger partial charge in [-0.05, 0) is 12.0 Å². The molecule has 0 aliphatic heterocycles. The number of fused-ring (bicyclic) bond motifs is 1. The van der Waals surface area contributed by atoms with Crippen molar-refractivity contribution in [1.29, 1.82) is 0 Å². The summed E-state index contributed by atoms with van der Waals surface area (Å²) in [6.07, 6.45) is 6.95. The summed E-state index contributed by atoms with van der Waals surface area (Å²) >= 11 is 0. The molecule has 3 aromatic rings. The van der Waals surface area contributed by atoms with Crippen LogP contribution >= 0.6 is 0 Å². The van der Waals surface area contributed by atoms with Crippen LogP contribution < -0.4 is 0 Å². The highest BCUT2D eigenvalue weighted by atomic mass is 14.8. The van der Waals surface area contributed by atoms with E-state index < -0.39 is 0 Å². The fourth-order valence-electron chi connectivity index (χ4n) is 1.70. The van der Waals surface area contributed by atoms with E-state index in [1.54, 1.807) is 24.7 Å². The predicted octanol–water partition coefficient (Wildman–Crippen LogP) is 2.42. The minimum atomic E-state index is 0.519. The van der Waals surface area contributed by atoms with Gasteiger partial charge < -0.3 is 0 Å². The van der Waals surface area contributed by atoms with E-state index in [1.165, 1.54) is 0 Å². The van der Waals surface area contributed by atoms with Crippen LogP contribution in [0.25, 0.3) is 10.8 Å². The Morgan fingerprint density at radius 3 is 2.56 bits per heavy atom. The molecule has 0 fully saturated rings. The lowest BCUT2D eigenvalue weighted by Gasteiger charge is -1.98. The van der Waals surface area contributed by atoms with Crippen LogP contribution in [0.3, 0.4) is 0 Å². The summed E-state index contributed by atoms with van der Waals surface area (Å²) in [4.78, 5) is 12.3. The van der Waals surface area contributed by atoms with Gasteiger partial charge in [0.2, 0.25) is 5.82 Å². The van der Waals surface area contributed by atoms with E-state index >= 15 is 0 Å². The Morgan fingerprint density at radius 2 is 1.67 bits per heavy atom. The van der Waals surface area contributed by atoms with Gasteiger partial charge in [-0.1, -0.05) is 30.2 Å². The van der Waals surface area contributed by atoms with E-state index in [0.29, 0.717) is 5.82 Å². The summed E-state index contributed by atoms with van der Waals surface area (Å²) < 4.78 is 0. The van der Waals surface area contributed by atoms with Crippen molar-refractivity contribution < 1.29 is 0 Å². The van der Waals surface area contributed by atoms with Crippen molar-refractivity contribution >= 4 is 10.8 Å². The molecule has 3 nitrogen and oxygen atoms in total. The Kier molecular flexibility index (Phi) is 2.69. The van der Waals surface area contributed by atoms with Gasteiger partial charge in [0.1, 0.15) is 0 Å². The van der Waals surface area contributed by atoms with Gasteiger partial charge in [0, 0.05) is 35.6 Å². The Hall–Kier alpha value is -2.73. The lowest BCUT2D eigenvalue weighted by molar-refractivity contribution is 1.13. The maximum atomic E-state index is 4.18. The number of hydrogen-bond donors (Lipinski definition) is 0. The summed E-state index contributed by atoms with van der Waals surface area (Å²) in [7, 11) is 0. The number of benzene rings is 1. The van der Waals surface area contributed by atoms with Crippen molar-refractivity contribution in [3.8, 4) is 11.8 Å². The molecule has 2 heterocycles. The van der Waals surface area contributed by atoms with Crippen LogP contribution in [0.2, 0.25) is 0 Å². The highest BCUT2D eigenvalue weighted by Crippen LogP contribution is 2.15. The molecule has 0 amide bonds. The summed E-state index contributed by atoms with van der Waals surface area (Å²) in [6, 6.07) is 9.80. The first-order valence-electron chi connectivity index (χ1n) is 5.55. The smallest absolute Gasteiger partial charge is 0.205 e. The van der Waals surface area contributed by atoms with Gasteiger partial charge >= 0.3 is 0 Å². The van der Waals surface area contributed by atoms with Crippen LogP contribution in [0.4, 0.5) is 0 Å². The van der Waals surface area contributed by atoms with Crippen molar-refractivity contribution in [3.05, 3.63) is 66.5 Å². The van der Waals surface area contributed by atoms with Crippen molar-refractivity contribution in [2.24, 2.45) is 0 Å². The number of nitrogens with zero attached hydrogens (tertiary/aromatic N) is 3. The maximum absolute atomic E-state index is 4.18. The monoisotopic (exact) mass is 231 g/mol. The fourth-order valence-corrected chi connectivity index (χ4v) is 1.70. The van der Waals surface area contributed by atoms with Crippen molar-refractivity contribution in [1.82, 2.24) is 15.0 Å². The standard InChI is InChI=1S/C15H9N3/c1-2-5-14-12(4-1)10-16-11-13(14)6-7-15-17-8-3-9-18-15/h1-5,8-11H. The minimum absolute atomic E-state index is 0.519. The average molecular weight is 231 g/mol. The molecular formula is C15H9N3. The van der Waals surface area contributed by atoms with Crippen molar-refractivity contribution in [3.63, 3.8) is 0 Å². The molecule has 0 saturated carbocycles. The van der Waals surface area contributed by atoms with Crippen LogP contribution in [0.15, 0.2) is 55.1 Å². The largest absolute Gasteiger partial charge is 0.263 e. The second-order valence-electron chi connectivity index (χ2n) is 3.73. The molecule has 0 radical (unpaired) electrons. The Balaban J connectivity index is 2.09. The van der Waals surface area contributed by atoms with Gasteiger partial charge in [0.25, 0.3) is 0 Å². The molecule has 0 saturated heterocycles. The molecule has 0 N–H and O–H groups in total. The van der Waals surface area contributed by atoms with Crippen molar-refractivity contribution in [2.75, 3.05) is 0 Å². The molecule has 18 heavy (non-hydrogen) atoms. The summed E-state index contributed by atoms with van der Waals surface area (Å²) in [5.74, 6) is 6.53. The van der Waals surface area contributed by atoms with Crippen LogP contribution in [0.1, 0.15) is 11.4 Å². The Labute approximate surface area is 105 Å².